The quantitative estimate of drug-likeness (QED) is 0.0917. The summed E-state index contributed by atoms with van der Waals surface area (Å²) in [6.45, 7) is 4.50. The van der Waals surface area contributed by atoms with Gasteiger partial charge < -0.3 is 4.74 Å². The lowest BCUT2D eigenvalue weighted by molar-refractivity contribution is -0.134. The summed E-state index contributed by atoms with van der Waals surface area (Å²) in [6.07, 6.45) is 27.8. The first kappa shape index (κ1) is 30.1. The van der Waals surface area contributed by atoms with Gasteiger partial charge in [0.1, 0.15) is 11.5 Å². The fraction of sp³-hybridized carbons (Fsp3) is 0.722. The predicted octanol–water partition coefficient (Wildman–Crippen LogP) is 10.1. The number of carbonyl (C=O) groups excluding carboxylic acids is 2. The number of esters is 1. The number of unbranched alkanes of at least 4 members (excludes halogenated alkanes) is 11. The average molecular weight is 535 g/mol. The minimum absolute atomic E-state index is 0.0713. The monoisotopic (exact) mass is 534 g/mol. The fourth-order valence-corrected chi connectivity index (χ4v) is 7.92. The van der Waals surface area contributed by atoms with Crippen LogP contribution in [-0.4, -0.2) is 11.8 Å². The van der Waals surface area contributed by atoms with Crippen LogP contribution in [0.2, 0.25) is 0 Å². The van der Waals surface area contributed by atoms with Gasteiger partial charge in [0, 0.05) is 18.3 Å². The number of Topliss-reactive ketones (excluding diaryl/α,β-unsaturated/α-hetero) is 1. The minimum atomic E-state index is -0.0980. The molecule has 216 valence electrons. The standard InChI is InChI=1S/C36H54O3/c1-3-4-5-6-7-8-9-10-11-12-13-14-15-16-17-18-35(38)39-29-20-22-30-28(27-29)19-21-32-31(30)25-26-36(2)33(32)23-24-34(36)37/h10-11,20,22,27,31-33H,3-9,12-19,21,23-26H2,1-2H3/b11-10+. The van der Waals surface area contributed by atoms with Crippen molar-refractivity contribution < 1.29 is 14.3 Å². The zero-order valence-electron chi connectivity index (χ0n) is 25.0. The van der Waals surface area contributed by atoms with Gasteiger partial charge in [-0.15, -0.1) is 0 Å². The third kappa shape index (κ3) is 8.08. The number of ketones is 1. The summed E-state index contributed by atoms with van der Waals surface area (Å²) < 4.78 is 5.74. The molecule has 0 aromatic heterocycles. The zero-order valence-corrected chi connectivity index (χ0v) is 25.0. The van der Waals surface area contributed by atoms with E-state index in [9.17, 15) is 9.59 Å². The molecule has 2 fully saturated rings. The molecule has 2 saturated carbocycles. The summed E-state index contributed by atoms with van der Waals surface area (Å²) in [5.74, 6) is 2.88. The van der Waals surface area contributed by atoms with Gasteiger partial charge in [-0.3, -0.25) is 9.59 Å². The molecule has 0 bridgehead atoms. The molecule has 3 aliphatic carbocycles. The second kappa shape index (κ2) is 15.2. The number of ether oxygens (including phenoxy) is 1. The molecule has 0 radical (unpaired) electrons. The van der Waals surface area contributed by atoms with Gasteiger partial charge >= 0.3 is 5.97 Å². The SMILES string of the molecule is CCCCCCCC/C=C/CCCCCCCC(=O)Oc1ccc2c(c1)CCC1C2CCC2(C)C(=O)CCC12. The van der Waals surface area contributed by atoms with Crippen LogP contribution in [-0.2, 0) is 16.0 Å². The molecule has 39 heavy (non-hydrogen) atoms. The van der Waals surface area contributed by atoms with Gasteiger partial charge in [-0.05, 0) is 105 Å². The van der Waals surface area contributed by atoms with Crippen molar-refractivity contribution in [3.8, 4) is 5.75 Å². The smallest absolute Gasteiger partial charge is 0.311 e. The maximum absolute atomic E-state index is 12.6. The first-order valence-electron chi connectivity index (χ1n) is 16.5. The summed E-state index contributed by atoms with van der Waals surface area (Å²) in [6, 6.07) is 6.35. The topological polar surface area (TPSA) is 43.4 Å². The Labute approximate surface area is 238 Å². The molecule has 0 aliphatic heterocycles. The van der Waals surface area contributed by atoms with Crippen molar-refractivity contribution in [3.05, 3.63) is 41.5 Å². The van der Waals surface area contributed by atoms with E-state index in [1.54, 1.807) is 0 Å². The highest BCUT2D eigenvalue weighted by Gasteiger charge is 2.54. The van der Waals surface area contributed by atoms with Crippen LogP contribution >= 0.6 is 0 Å². The number of carbonyl (C=O) groups is 2. The van der Waals surface area contributed by atoms with Crippen LogP contribution in [0.4, 0.5) is 0 Å². The molecule has 3 nitrogen and oxygen atoms in total. The van der Waals surface area contributed by atoms with Crippen LogP contribution in [0.15, 0.2) is 30.4 Å². The largest absolute Gasteiger partial charge is 0.427 e. The summed E-state index contributed by atoms with van der Waals surface area (Å²) in [4.78, 5) is 25.0. The van der Waals surface area contributed by atoms with E-state index < -0.39 is 0 Å². The molecule has 1 aromatic rings. The van der Waals surface area contributed by atoms with Crippen molar-refractivity contribution >= 4 is 11.8 Å². The van der Waals surface area contributed by atoms with Crippen LogP contribution in [0.1, 0.15) is 153 Å². The van der Waals surface area contributed by atoms with E-state index in [1.807, 2.05) is 6.07 Å². The molecule has 0 N–H and O–H groups in total. The Kier molecular flexibility index (Phi) is 11.7. The van der Waals surface area contributed by atoms with Crippen LogP contribution < -0.4 is 4.74 Å². The summed E-state index contributed by atoms with van der Waals surface area (Å²) in [5.41, 5.74) is 2.73. The van der Waals surface area contributed by atoms with Crippen molar-refractivity contribution in [2.24, 2.45) is 17.3 Å². The van der Waals surface area contributed by atoms with Gasteiger partial charge in [0.15, 0.2) is 0 Å². The number of hydrogen-bond acceptors (Lipinski definition) is 3. The van der Waals surface area contributed by atoms with Gasteiger partial charge in [-0.2, -0.15) is 0 Å². The molecule has 3 aliphatic rings. The third-order valence-corrected chi connectivity index (χ3v) is 10.3. The maximum atomic E-state index is 12.6. The molecule has 0 amide bonds. The summed E-state index contributed by atoms with van der Waals surface area (Å²) in [5, 5.41) is 0. The lowest BCUT2D eigenvalue weighted by Gasteiger charge is -2.48. The number of rotatable bonds is 16. The van der Waals surface area contributed by atoms with E-state index in [-0.39, 0.29) is 11.4 Å². The normalized spacial score (nSPS) is 25.9. The van der Waals surface area contributed by atoms with Crippen molar-refractivity contribution in [2.45, 2.75) is 148 Å². The molecule has 0 spiro atoms. The number of benzene rings is 1. The number of aryl methyl sites for hydroxylation is 1. The molecule has 4 rings (SSSR count). The van der Waals surface area contributed by atoms with Crippen molar-refractivity contribution in [1.29, 1.82) is 0 Å². The first-order chi connectivity index (χ1) is 19.0. The molecule has 0 saturated heterocycles. The van der Waals surface area contributed by atoms with E-state index in [0.29, 0.717) is 35.7 Å². The molecular weight excluding hydrogens is 480 g/mol. The molecule has 1 aromatic carbocycles. The number of allylic oxidation sites excluding steroid dienone is 2. The first-order valence-corrected chi connectivity index (χ1v) is 16.5. The van der Waals surface area contributed by atoms with Gasteiger partial charge in [-0.1, -0.05) is 83.4 Å². The molecule has 4 atom stereocenters. The van der Waals surface area contributed by atoms with Gasteiger partial charge in [0.2, 0.25) is 0 Å². The van der Waals surface area contributed by atoms with E-state index in [0.717, 1.165) is 51.4 Å². The third-order valence-electron chi connectivity index (χ3n) is 10.3. The van der Waals surface area contributed by atoms with Gasteiger partial charge in [-0.25, -0.2) is 0 Å². The lowest BCUT2D eigenvalue weighted by atomic mass is 9.55. The van der Waals surface area contributed by atoms with E-state index in [1.165, 1.54) is 81.8 Å². The zero-order chi connectivity index (χ0) is 27.5. The van der Waals surface area contributed by atoms with Crippen molar-refractivity contribution in [2.75, 3.05) is 0 Å². The van der Waals surface area contributed by atoms with E-state index >= 15 is 0 Å². The average Bonchev–Trinajstić information content (AvgIpc) is 3.24. The summed E-state index contributed by atoms with van der Waals surface area (Å²) in [7, 11) is 0. The Morgan fingerprint density at radius 2 is 1.59 bits per heavy atom. The van der Waals surface area contributed by atoms with E-state index in [2.05, 4.69) is 38.1 Å². The highest BCUT2D eigenvalue weighted by Crippen LogP contribution is 2.59. The molecule has 4 unspecified atom stereocenters. The van der Waals surface area contributed by atoms with Gasteiger partial charge in [0.05, 0.1) is 0 Å². The van der Waals surface area contributed by atoms with Crippen LogP contribution in [0.25, 0.3) is 0 Å². The number of fused-ring (bicyclic) bond motifs is 5. The summed E-state index contributed by atoms with van der Waals surface area (Å²) >= 11 is 0. The predicted molar refractivity (Wildman–Crippen MR) is 161 cm³/mol. The van der Waals surface area contributed by atoms with E-state index in [4.69, 9.17) is 4.74 Å². The minimum Gasteiger partial charge on any atom is -0.427 e. The Hall–Kier alpha value is -1.90. The van der Waals surface area contributed by atoms with Crippen LogP contribution in [0.5, 0.6) is 5.75 Å². The van der Waals surface area contributed by atoms with Crippen molar-refractivity contribution in [3.63, 3.8) is 0 Å². The van der Waals surface area contributed by atoms with Crippen LogP contribution in [0, 0.1) is 17.3 Å². The highest BCUT2D eigenvalue weighted by molar-refractivity contribution is 5.87. The Morgan fingerprint density at radius 1 is 0.897 bits per heavy atom. The van der Waals surface area contributed by atoms with Gasteiger partial charge in [0.25, 0.3) is 0 Å². The fourth-order valence-electron chi connectivity index (χ4n) is 7.92. The Morgan fingerprint density at radius 3 is 2.33 bits per heavy atom. The second-order valence-electron chi connectivity index (χ2n) is 13.0. The van der Waals surface area contributed by atoms with Crippen molar-refractivity contribution in [1.82, 2.24) is 0 Å². The highest BCUT2D eigenvalue weighted by atomic mass is 16.5. The molecular formula is C36H54O3. The molecule has 3 heteroatoms. The second-order valence-corrected chi connectivity index (χ2v) is 13.0. The number of hydrogen-bond donors (Lipinski definition) is 0. The Bertz CT molecular complexity index is 962. The Balaban J connectivity index is 1.08. The van der Waals surface area contributed by atoms with Crippen LogP contribution in [0.3, 0.4) is 0 Å². The molecule has 0 heterocycles. The lowest BCUT2D eigenvalue weighted by Crippen LogP contribution is -2.42. The maximum Gasteiger partial charge on any atom is 0.311 e.